The lowest BCUT2D eigenvalue weighted by Crippen LogP contribution is -2.18. The summed E-state index contributed by atoms with van der Waals surface area (Å²) in [6, 6.07) is 3.38. The minimum Gasteiger partial charge on any atom is -0.511 e. The second kappa shape index (κ2) is 5.77. The van der Waals surface area contributed by atoms with E-state index in [0.717, 1.165) is 5.69 Å². The molecule has 1 aromatic rings. The van der Waals surface area contributed by atoms with Crippen molar-refractivity contribution >= 4 is 11.5 Å². The topological polar surface area (TPSA) is 68.7 Å². The first-order chi connectivity index (χ1) is 9.62. The van der Waals surface area contributed by atoms with Crippen molar-refractivity contribution in [2.24, 2.45) is 0 Å². The molecule has 1 aliphatic rings. The van der Waals surface area contributed by atoms with Gasteiger partial charge in [-0.05, 0) is 12.5 Å². The molecule has 0 saturated carbocycles. The van der Waals surface area contributed by atoms with Gasteiger partial charge in [0.15, 0.2) is 0 Å². The Labute approximate surface area is 117 Å². The highest BCUT2D eigenvalue weighted by Crippen LogP contribution is 2.39. The van der Waals surface area contributed by atoms with Gasteiger partial charge in [-0.3, -0.25) is 0 Å². The zero-order chi connectivity index (χ0) is 14.7. The number of hydrogen-bond acceptors (Lipinski definition) is 5. The van der Waals surface area contributed by atoms with Crippen molar-refractivity contribution in [1.82, 2.24) is 4.98 Å². The number of rotatable bonds is 4. The Kier molecular flexibility index (Phi) is 4.08. The zero-order valence-corrected chi connectivity index (χ0v) is 11.5. The third-order valence-corrected chi connectivity index (χ3v) is 3.33. The molecule has 0 aromatic carbocycles. The van der Waals surface area contributed by atoms with E-state index < -0.39 is 5.97 Å². The first-order valence-corrected chi connectivity index (χ1v) is 6.29. The maximum atomic E-state index is 11.8. The summed E-state index contributed by atoms with van der Waals surface area (Å²) in [5.74, 6) is -0.0784. The van der Waals surface area contributed by atoms with Crippen LogP contribution < -0.4 is 4.74 Å². The normalized spacial score (nSPS) is 17.4. The number of aliphatic hydroxyl groups is 1. The maximum Gasteiger partial charge on any atom is 0.341 e. The Morgan fingerprint density at radius 1 is 1.55 bits per heavy atom. The molecular formula is C15H17NO4. The van der Waals surface area contributed by atoms with Gasteiger partial charge >= 0.3 is 5.97 Å². The van der Waals surface area contributed by atoms with Gasteiger partial charge < -0.3 is 14.6 Å². The lowest BCUT2D eigenvalue weighted by atomic mass is 9.83. The molecule has 1 heterocycles. The van der Waals surface area contributed by atoms with Crippen LogP contribution in [0.15, 0.2) is 30.5 Å². The Morgan fingerprint density at radius 3 is 2.90 bits per heavy atom. The first-order valence-electron chi connectivity index (χ1n) is 6.29. The quantitative estimate of drug-likeness (QED) is 0.675. The summed E-state index contributed by atoms with van der Waals surface area (Å²) in [5, 5.41) is 10.1. The molecule has 5 nitrogen and oxygen atoms in total. The second-order valence-electron chi connectivity index (χ2n) is 4.53. The van der Waals surface area contributed by atoms with Crippen molar-refractivity contribution in [3.63, 3.8) is 0 Å². The number of nitrogens with zero attached hydrogens (tertiary/aromatic N) is 1. The van der Waals surface area contributed by atoms with Gasteiger partial charge in [0.2, 0.25) is 5.88 Å². The lowest BCUT2D eigenvalue weighted by Gasteiger charge is -2.25. The molecule has 1 aromatic heterocycles. The molecule has 0 spiro atoms. The van der Waals surface area contributed by atoms with Crippen LogP contribution in [0.1, 0.15) is 30.0 Å². The van der Waals surface area contributed by atoms with Gasteiger partial charge in [-0.2, -0.15) is 0 Å². The molecule has 5 heteroatoms. The Morgan fingerprint density at radius 2 is 2.30 bits per heavy atom. The minimum absolute atomic E-state index is 0.0222. The average molecular weight is 275 g/mol. The fourth-order valence-corrected chi connectivity index (χ4v) is 2.41. The first kappa shape index (κ1) is 14.1. The number of methoxy groups -OCH3 is 2. The van der Waals surface area contributed by atoms with Crippen molar-refractivity contribution in [2.75, 3.05) is 14.2 Å². The third kappa shape index (κ3) is 2.39. The van der Waals surface area contributed by atoms with E-state index in [1.807, 2.05) is 0 Å². The standard InChI is InChI=1S/C15H17NO4/c1-4-5-9-8-11(17)13(15(18)20-3)10-6-7-12(19-2)16-14(9)10/h4,6-7,9,17H,1,5,8H2,2-3H3. The fourth-order valence-electron chi connectivity index (χ4n) is 2.41. The van der Waals surface area contributed by atoms with E-state index in [2.05, 4.69) is 11.6 Å². The van der Waals surface area contributed by atoms with E-state index in [-0.39, 0.29) is 17.3 Å². The molecule has 20 heavy (non-hydrogen) atoms. The summed E-state index contributed by atoms with van der Waals surface area (Å²) < 4.78 is 9.86. The molecular weight excluding hydrogens is 258 g/mol. The van der Waals surface area contributed by atoms with Crippen LogP contribution in [-0.2, 0) is 9.53 Å². The number of fused-ring (bicyclic) bond motifs is 1. The monoisotopic (exact) mass is 275 g/mol. The predicted octanol–water partition coefficient (Wildman–Crippen LogP) is 2.60. The van der Waals surface area contributed by atoms with Gasteiger partial charge in [0.25, 0.3) is 0 Å². The highest BCUT2D eigenvalue weighted by Gasteiger charge is 2.31. The van der Waals surface area contributed by atoms with Crippen LogP contribution in [0.3, 0.4) is 0 Å². The molecule has 106 valence electrons. The molecule has 0 aliphatic heterocycles. The SMILES string of the molecule is C=CCC1CC(O)=C(C(=O)OC)c2ccc(OC)nc21. The summed E-state index contributed by atoms with van der Waals surface area (Å²) >= 11 is 0. The van der Waals surface area contributed by atoms with E-state index in [1.54, 1.807) is 18.2 Å². The van der Waals surface area contributed by atoms with Crippen molar-refractivity contribution in [1.29, 1.82) is 0 Å². The number of allylic oxidation sites excluding steroid dienone is 2. The molecule has 1 unspecified atom stereocenters. The van der Waals surface area contributed by atoms with Crippen molar-refractivity contribution in [3.05, 3.63) is 41.8 Å². The number of hydrogen-bond donors (Lipinski definition) is 1. The summed E-state index contributed by atoms with van der Waals surface area (Å²) in [4.78, 5) is 16.2. The largest absolute Gasteiger partial charge is 0.511 e. The van der Waals surface area contributed by atoms with Crippen LogP contribution >= 0.6 is 0 Å². The minimum atomic E-state index is -0.562. The van der Waals surface area contributed by atoms with Gasteiger partial charge in [-0.15, -0.1) is 6.58 Å². The van der Waals surface area contributed by atoms with Gasteiger partial charge in [-0.1, -0.05) is 6.08 Å². The second-order valence-corrected chi connectivity index (χ2v) is 4.53. The molecule has 1 N–H and O–H groups in total. The molecule has 0 fully saturated rings. The number of esters is 1. The van der Waals surface area contributed by atoms with E-state index >= 15 is 0 Å². The molecule has 2 rings (SSSR count). The number of aliphatic hydroxyl groups excluding tert-OH is 1. The molecule has 0 saturated heterocycles. The number of carbonyl (C=O) groups is 1. The van der Waals surface area contributed by atoms with Crippen molar-refractivity contribution in [3.8, 4) is 5.88 Å². The van der Waals surface area contributed by atoms with Crippen LogP contribution in [0.2, 0.25) is 0 Å². The lowest BCUT2D eigenvalue weighted by molar-refractivity contribution is -0.133. The van der Waals surface area contributed by atoms with Crippen LogP contribution in [0.5, 0.6) is 5.88 Å². The molecule has 0 radical (unpaired) electrons. The summed E-state index contributed by atoms with van der Waals surface area (Å²) in [6.07, 6.45) is 2.77. The van der Waals surface area contributed by atoms with Crippen LogP contribution in [-0.4, -0.2) is 30.3 Å². The smallest absolute Gasteiger partial charge is 0.341 e. The van der Waals surface area contributed by atoms with E-state index in [0.29, 0.717) is 24.3 Å². The Balaban J connectivity index is 2.58. The van der Waals surface area contributed by atoms with Gasteiger partial charge in [0.05, 0.1) is 19.9 Å². The van der Waals surface area contributed by atoms with E-state index in [9.17, 15) is 9.90 Å². The van der Waals surface area contributed by atoms with Crippen LogP contribution in [0.25, 0.3) is 5.57 Å². The zero-order valence-electron chi connectivity index (χ0n) is 11.5. The highest BCUT2D eigenvalue weighted by molar-refractivity contribution is 6.17. The highest BCUT2D eigenvalue weighted by atomic mass is 16.5. The molecule has 0 amide bonds. The number of ether oxygens (including phenoxy) is 2. The van der Waals surface area contributed by atoms with Crippen molar-refractivity contribution < 1.29 is 19.4 Å². The average Bonchev–Trinajstić information content (AvgIpc) is 2.46. The Bertz CT molecular complexity index is 577. The molecule has 1 aliphatic carbocycles. The van der Waals surface area contributed by atoms with Crippen LogP contribution in [0, 0.1) is 0 Å². The van der Waals surface area contributed by atoms with Crippen LogP contribution in [0.4, 0.5) is 0 Å². The number of aromatic nitrogens is 1. The van der Waals surface area contributed by atoms with E-state index in [4.69, 9.17) is 9.47 Å². The van der Waals surface area contributed by atoms with E-state index in [1.165, 1.54) is 14.2 Å². The van der Waals surface area contributed by atoms with Gasteiger partial charge in [-0.25, -0.2) is 9.78 Å². The van der Waals surface area contributed by atoms with Gasteiger partial charge in [0, 0.05) is 24.0 Å². The summed E-state index contributed by atoms with van der Waals surface area (Å²) in [5.41, 5.74) is 1.49. The summed E-state index contributed by atoms with van der Waals surface area (Å²) in [6.45, 7) is 3.72. The predicted molar refractivity (Wildman–Crippen MR) is 74.5 cm³/mol. The van der Waals surface area contributed by atoms with Gasteiger partial charge in [0.1, 0.15) is 11.3 Å². The molecule has 0 bridgehead atoms. The fraction of sp³-hybridized carbons (Fsp3) is 0.333. The molecule has 1 atom stereocenters. The number of carbonyl (C=O) groups excluding carboxylic acids is 1. The third-order valence-electron chi connectivity index (χ3n) is 3.33. The van der Waals surface area contributed by atoms with Crippen molar-refractivity contribution in [2.45, 2.75) is 18.8 Å². The number of pyridine rings is 1. The maximum absolute atomic E-state index is 11.8. The Hall–Kier alpha value is -2.30. The summed E-state index contributed by atoms with van der Waals surface area (Å²) in [7, 11) is 2.82.